The molecule has 7 heteroatoms. The molecule has 0 saturated heterocycles. The van der Waals surface area contributed by atoms with E-state index in [-0.39, 0.29) is 18.6 Å². The number of nitrogens with one attached hydrogen (secondary N) is 3. The van der Waals surface area contributed by atoms with Crippen molar-refractivity contribution in [3.63, 3.8) is 0 Å². The Labute approximate surface area is 148 Å². The third-order valence-electron chi connectivity index (χ3n) is 3.88. The summed E-state index contributed by atoms with van der Waals surface area (Å²) in [7, 11) is 0. The fourth-order valence-electron chi connectivity index (χ4n) is 2.39. The van der Waals surface area contributed by atoms with Crippen molar-refractivity contribution in [1.29, 1.82) is 0 Å². The number of aliphatic hydroxyl groups is 1. The lowest BCUT2D eigenvalue weighted by Crippen LogP contribution is -2.30. The number of nitrogens with zero attached hydrogens (tertiary/aromatic N) is 2. The number of aromatic nitrogens is 3. The fraction of sp³-hybridized carbons (Fsp3) is 0.294. The van der Waals surface area contributed by atoms with Crippen LogP contribution in [0.15, 0.2) is 41.1 Å². The van der Waals surface area contributed by atoms with Crippen molar-refractivity contribution in [3.8, 4) is 0 Å². The largest absolute Gasteiger partial charge is 0.394 e. The van der Waals surface area contributed by atoms with Crippen molar-refractivity contribution in [1.82, 2.24) is 15.0 Å². The van der Waals surface area contributed by atoms with Gasteiger partial charge in [0, 0.05) is 29.0 Å². The molecule has 0 aliphatic carbocycles. The SMILES string of the molecule is CC(C)C(CO)Nc1nc(Nc2ccc3[nH]ccc3c2)ncc1Br. The Balaban J connectivity index is 1.82. The summed E-state index contributed by atoms with van der Waals surface area (Å²) in [4.78, 5) is 12.0. The van der Waals surface area contributed by atoms with E-state index in [4.69, 9.17) is 0 Å². The molecule has 0 fully saturated rings. The summed E-state index contributed by atoms with van der Waals surface area (Å²) in [5.74, 6) is 1.43. The van der Waals surface area contributed by atoms with E-state index in [1.807, 2.05) is 44.3 Å². The van der Waals surface area contributed by atoms with Crippen LogP contribution in [0.2, 0.25) is 0 Å². The van der Waals surface area contributed by atoms with E-state index in [1.165, 1.54) is 0 Å². The molecule has 0 bridgehead atoms. The number of halogens is 1. The Morgan fingerprint density at radius 1 is 1.29 bits per heavy atom. The van der Waals surface area contributed by atoms with Crippen LogP contribution in [0.5, 0.6) is 0 Å². The summed E-state index contributed by atoms with van der Waals surface area (Å²) >= 11 is 3.45. The molecule has 24 heavy (non-hydrogen) atoms. The number of rotatable bonds is 6. The molecule has 0 radical (unpaired) electrons. The average molecular weight is 390 g/mol. The van der Waals surface area contributed by atoms with Gasteiger partial charge in [-0.05, 0) is 46.1 Å². The Morgan fingerprint density at radius 2 is 2.12 bits per heavy atom. The van der Waals surface area contributed by atoms with Crippen LogP contribution in [0.3, 0.4) is 0 Å². The van der Waals surface area contributed by atoms with Gasteiger partial charge in [0.25, 0.3) is 0 Å². The minimum Gasteiger partial charge on any atom is -0.394 e. The molecule has 0 amide bonds. The average Bonchev–Trinajstić information content (AvgIpc) is 3.02. The lowest BCUT2D eigenvalue weighted by molar-refractivity contribution is 0.249. The van der Waals surface area contributed by atoms with Gasteiger partial charge in [-0.25, -0.2) is 4.98 Å². The number of fused-ring (bicyclic) bond motifs is 1. The summed E-state index contributed by atoms with van der Waals surface area (Å²) in [6, 6.07) is 7.97. The number of anilines is 3. The molecule has 2 heterocycles. The van der Waals surface area contributed by atoms with E-state index in [1.54, 1.807) is 6.20 Å². The van der Waals surface area contributed by atoms with Crippen molar-refractivity contribution < 1.29 is 5.11 Å². The van der Waals surface area contributed by atoms with Crippen LogP contribution < -0.4 is 10.6 Å². The number of hydrogen-bond donors (Lipinski definition) is 4. The van der Waals surface area contributed by atoms with E-state index in [2.05, 4.69) is 41.5 Å². The topological polar surface area (TPSA) is 85.9 Å². The summed E-state index contributed by atoms with van der Waals surface area (Å²) in [6.07, 6.45) is 3.61. The summed E-state index contributed by atoms with van der Waals surface area (Å²) in [5, 5.41) is 17.1. The van der Waals surface area contributed by atoms with Crippen LogP contribution in [-0.2, 0) is 0 Å². The number of hydrogen-bond acceptors (Lipinski definition) is 5. The quantitative estimate of drug-likeness (QED) is 0.513. The first-order valence-electron chi connectivity index (χ1n) is 7.81. The van der Waals surface area contributed by atoms with Gasteiger partial charge in [-0.3, -0.25) is 0 Å². The number of aliphatic hydroxyl groups excluding tert-OH is 1. The van der Waals surface area contributed by atoms with E-state index in [0.29, 0.717) is 11.8 Å². The number of aromatic amines is 1. The van der Waals surface area contributed by atoms with Crippen LogP contribution in [0, 0.1) is 5.92 Å². The molecule has 126 valence electrons. The van der Waals surface area contributed by atoms with Crippen molar-refractivity contribution in [2.24, 2.45) is 5.92 Å². The molecular weight excluding hydrogens is 370 g/mol. The smallest absolute Gasteiger partial charge is 0.229 e. The molecule has 1 unspecified atom stereocenters. The molecule has 1 aromatic carbocycles. The van der Waals surface area contributed by atoms with Gasteiger partial charge in [0.15, 0.2) is 0 Å². The predicted octanol–water partition coefficient (Wildman–Crippen LogP) is 3.89. The molecule has 0 aliphatic rings. The van der Waals surface area contributed by atoms with Crippen LogP contribution in [0.1, 0.15) is 13.8 Å². The number of H-pyrrole nitrogens is 1. The third-order valence-corrected chi connectivity index (χ3v) is 4.46. The Hall–Kier alpha value is -2.12. The maximum absolute atomic E-state index is 9.49. The maximum atomic E-state index is 9.49. The highest BCUT2D eigenvalue weighted by Crippen LogP contribution is 2.25. The van der Waals surface area contributed by atoms with Gasteiger partial charge in [-0.15, -0.1) is 0 Å². The Kier molecular flexibility index (Phi) is 5.01. The fourth-order valence-corrected chi connectivity index (χ4v) is 2.69. The normalized spacial score (nSPS) is 12.5. The number of benzene rings is 1. The standard InChI is InChI=1S/C17H20BrN5O/c1-10(2)15(9-24)22-16-13(18)8-20-17(23-16)21-12-3-4-14-11(7-12)5-6-19-14/h3-8,10,15,19,24H,9H2,1-2H3,(H2,20,21,22,23). The van der Waals surface area contributed by atoms with Gasteiger partial charge < -0.3 is 20.7 Å². The minimum atomic E-state index is -0.0692. The van der Waals surface area contributed by atoms with Gasteiger partial charge >= 0.3 is 0 Å². The van der Waals surface area contributed by atoms with Crippen molar-refractivity contribution in [3.05, 3.63) is 41.1 Å². The second-order valence-electron chi connectivity index (χ2n) is 5.97. The molecule has 0 saturated carbocycles. The summed E-state index contributed by atoms with van der Waals surface area (Å²) < 4.78 is 0.758. The van der Waals surface area contributed by atoms with Gasteiger partial charge in [0.2, 0.25) is 5.95 Å². The Bertz CT molecular complexity index is 833. The molecule has 3 aromatic rings. The maximum Gasteiger partial charge on any atom is 0.229 e. The summed E-state index contributed by atoms with van der Waals surface area (Å²) in [5.41, 5.74) is 2.00. The molecule has 6 nitrogen and oxygen atoms in total. The van der Waals surface area contributed by atoms with Crippen LogP contribution in [0.4, 0.5) is 17.5 Å². The lowest BCUT2D eigenvalue weighted by atomic mass is 10.1. The zero-order valence-electron chi connectivity index (χ0n) is 13.5. The highest BCUT2D eigenvalue weighted by Gasteiger charge is 2.15. The van der Waals surface area contributed by atoms with Gasteiger partial charge in [0.05, 0.1) is 17.1 Å². The molecule has 3 rings (SSSR count). The second kappa shape index (κ2) is 7.19. The van der Waals surface area contributed by atoms with E-state index < -0.39 is 0 Å². The first-order valence-corrected chi connectivity index (χ1v) is 8.60. The minimum absolute atomic E-state index is 0.0427. The van der Waals surface area contributed by atoms with Crippen LogP contribution in [0.25, 0.3) is 10.9 Å². The molecular formula is C17H20BrN5O. The first-order chi connectivity index (χ1) is 11.6. The van der Waals surface area contributed by atoms with Gasteiger partial charge in [-0.1, -0.05) is 13.8 Å². The highest BCUT2D eigenvalue weighted by molar-refractivity contribution is 9.10. The van der Waals surface area contributed by atoms with Crippen LogP contribution in [-0.4, -0.2) is 32.7 Å². The van der Waals surface area contributed by atoms with E-state index in [9.17, 15) is 5.11 Å². The monoisotopic (exact) mass is 389 g/mol. The van der Waals surface area contributed by atoms with E-state index in [0.717, 1.165) is 21.1 Å². The van der Waals surface area contributed by atoms with Gasteiger partial charge in [-0.2, -0.15) is 4.98 Å². The van der Waals surface area contributed by atoms with Crippen LogP contribution >= 0.6 is 15.9 Å². The second-order valence-corrected chi connectivity index (χ2v) is 6.83. The zero-order chi connectivity index (χ0) is 17.1. The van der Waals surface area contributed by atoms with Crippen molar-refractivity contribution in [2.45, 2.75) is 19.9 Å². The molecule has 0 aliphatic heterocycles. The molecule has 0 spiro atoms. The molecule has 2 aromatic heterocycles. The van der Waals surface area contributed by atoms with E-state index >= 15 is 0 Å². The lowest BCUT2D eigenvalue weighted by Gasteiger charge is -2.21. The zero-order valence-corrected chi connectivity index (χ0v) is 15.1. The van der Waals surface area contributed by atoms with Gasteiger partial charge in [0.1, 0.15) is 5.82 Å². The third kappa shape index (κ3) is 3.68. The molecule has 1 atom stereocenters. The summed E-state index contributed by atoms with van der Waals surface area (Å²) in [6.45, 7) is 4.14. The highest BCUT2D eigenvalue weighted by atomic mass is 79.9. The Morgan fingerprint density at radius 3 is 2.88 bits per heavy atom. The predicted molar refractivity (Wildman–Crippen MR) is 101 cm³/mol. The van der Waals surface area contributed by atoms with Crippen molar-refractivity contribution >= 4 is 44.3 Å². The molecule has 4 N–H and O–H groups in total. The first kappa shape index (κ1) is 16.7. The van der Waals surface area contributed by atoms with Crippen molar-refractivity contribution in [2.75, 3.05) is 17.2 Å².